The smallest absolute Gasteiger partial charge is 0.214 e. The molecule has 0 fully saturated rings. The van der Waals surface area contributed by atoms with Gasteiger partial charge in [0.05, 0.1) is 0 Å². The Morgan fingerprint density at radius 3 is 1.17 bits per heavy atom. The van der Waals surface area contributed by atoms with Crippen molar-refractivity contribution in [2.45, 2.75) is 116 Å². The lowest BCUT2D eigenvalue weighted by molar-refractivity contribution is 0.443. The van der Waals surface area contributed by atoms with Gasteiger partial charge in [-0.25, -0.2) is 0 Å². The summed E-state index contributed by atoms with van der Waals surface area (Å²) in [6.45, 7) is 19.5. The fourth-order valence-corrected chi connectivity index (χ4v) is 20.7. The van der Waals surface area contributed by atoms with E-state index in [1.165, 1.54) is 25.7 Å². The standard InChI is InChI=1S/C26H46OSi2/c1-9-21(5)28(22(6)10-2,25-17-13-14-18-25)27-29(23(7)11-3,24(8)12-4)26-19-15-16-20-26/h13-17,19,21-24H,9-12,18,20H2,1-8H3. The van der Waals surface area contributed by atoms with Gasteiger partial charge in [-0.1, -0.05) is 128 Å². The van der Waals surface area contributed by atoms with Crippen LogP contribution in [0.1, 0.15) is 93.9 Å². The first-order chi connectivity index (χ1) is 13.8. The van der Waals surface area contributed by atoms with Crippen LogP contribution in [-0.2, 0) is 4.12 Å². The molecule has 1 nitrogen and oxygen atoms in total. The van der Waals surface area contributed by atoms with E-state index in [9.17, 15) is 0 Å². The second kappa shape index (κ2) is 10.6. The molecule has 164 valence electrons. The summed E-state index contributed by atoms with van der Waals surface area (Å²) in [6.07, 6.45) is 21.3. The van der Waals surface area contributed by atoms with E-state index in [-0.39, 0.29) is 0 Å². The van der Waals surface area contributed by atoms with Gasteiger partial charge in [-0.15, -0.1) is 0 Å². The summed E-state index contributed by atoms with van der Waals surface area (Å²) < 4.78 is 8.07. The van der Waals surface area contributed by atoms with E-state index >= 15 is 0 Å². The van der Waals surface area contributed by atoms with Crippen molar-refractivity contribution in [1.82, 2.24) is 0 Å². The van der Waals surface area contributed by atoms with Crippen molar-refractivity contribution in [1.29, 1.82) is 0 Å². The molecule has 3 heteroatoms. The third-order valence-corrected chi connectivity index (χ3v) is 21.2. The molecule has 0 amide bonds. The topological polar surface area (TPSA) is 9.23 Å². The van der Waals surface area contributed by atoms with Gasteiger partial charge in [-0.3, -0.25) is 0 Å². The summed E-state index contributed by atoms with van der Waals surface area (Å²) in [5, 5.41) is 3.33. The fourth-order valence-electron chi connectivity index (χ4n) is 5.74. The molecule has 0 aromatic rings. The molecule has 0 saturated carbocycles. The van der Waals surface area contributed by atoms with Gasteiger partial charge in [0.15, 0.2) is 0 Å². The Morgan fingerprint density at radius 2 is 0.966 bits per heavy atom. The van der Waals surface area contributed by atoms with Gasteiger partial charge in [0, 0.05) is 0 Å². The lowest BCUT2D eigenvalue weighted by Gasteiger charge is -2.53. The van der Waals surface area contributed by atoms with Gasteiger partial charge < -0.3 is 4.12 Å². The number of rotatable bonds is 12. The van der Waals surface area contributed by atoms with Crippen LogP contribution in [0.5, 0.6) is 0 Å². The Kier molecular flexibility index (Phi) is 8.99. The molecule has 0 N–H and O–H groups in total. The minimum Gasteiger partial charge on any atom is -0.448 e. The average Bonchev–Trinajstić information content (AvgIpc) is 3.47. The van der Waals surface area contributed by atoms with Gasteiger partial charge in [0.2, 0.25) is 16.6 Å². The van der Waals surface area contributed by atoms with Crippen LogP contribution in [-0.4, -0.2) is 16.6 Å². The van der Waals surface area contributed by atoms with Crippen LogP contribution >= 0.6 is 0 Å². The molecule has 0 aliphatic heterocycles. The summed E-state index contributed by atoms with van der Waals surface area (Å²) in [7, 11) is -4.28. The van der Waals surface area contributed by atoms with Crippen molar-refractivity contribution in [3.63, 3.8) is 0 Å². The van der Waals surface area contributed by atoms with E-state index in [2.05, 4.69) is 91.8 Å². The number of hydrogen-bond acceptors (Lipinski definition) is 1. The molecule has 0 aromatic heterocycles. The van der Waals surface area contributed by atoms with Crippen LogP contribution in [0, 0.1) is 0 Å². The first kappa shape index (κ1) is 24.6. The van der Waals surface area contributed by atoms with E-state index in [0.29, 0.717) is 22.2 Å². The molecule has 0 saturated heterocycles. The predicted octanol–water partition coefficient (Wildman–Crippen LogP) is 8.95. The molecule has 4 unspecified atom stereocenters. The zero-order valence-corrected chi connectivity index (χ0v) is 22.4. The maximum Gasteiger partial charge on any atom is 0.214 e. The molecule has 2 rings (SSSR count). The lowest BCUT2D eigenvalue weighted by atomic mass is 10.3. The SMILES string of the molecule is CCC(C)[Si](O[Si](C1=CC=CC1)(C(C)CC)C(C)CC)(C1=CC=CC1)C(C)CC. The van der Waals surface area contributed by atoms with Crippen molar-refractivity contribution in [3.05, 3.63) is 46.8 Å². The Bertz CT molecular complexity index is 582. The van der Waals surface area contributed by atoms with E-state index in [4.69, 9.17) is 4.12 Å². The molecule has 0 bridgehead atoms. The first-order valence-electron chi connectivity index (χ1n) is 12.3. The third kappa shape index (κ3) is 4.38. The zero-order chi connectivity index (χ0) is 21.7. The van der Waals surface area contributed by atoms with Gasteiger partial charge in [0.1, 0.15) is 0 Å². The van der Waals surface area contributed by atoms with Crippen LogP contribution in [0.3, 0.4) is 0 Å². The predicted molar refractivity (Wildman–Crippen MR) is 135 cm³/mol. The molecule has 2 aliphatic rings. The molecular weight excluding hydrogens is 384 g/mol. The Balaban J connectivity index is 2.72. The lowest BCUT2D eigenvalue weighted by Crippen LogP contribution is -2.61. The van der Waals surface area contributed by atoms with Gasteiger partial charge in [0.25, 0.3) is 0 Å². The highest BCUT2D eigenvalue weighted by Crippen LogP contribution is 2.53. The zero-order valence-electron chi connectivity index (χ0n) is 20.4. The molecule has 0 radical (unpaired) electrons. The highest BCUT2D eigenvalue weighted by molar-refractivity contribution is 6.96. The van der Waals surface area contributed by atoms with Gasteiger partial charge >= 0.3 is 0 Å². The largest absolute Gasteiger partial charge is 0.448 e. The number of hydrogen-bond donors (Lipinski definition) is 0. The summed E-state index contributed by atoms with van der Waals surface area (Å²) in [5.41, 5.74) is 2.61. The van der Waals surface area contributed by atoms with Crippen LogP contribution in [0.2, 0.25) is 22.2 Å². The van der Waals surface area contributed by atoms with Crippen molar-refractivity contribution < 1.29 is 4.12 Å². The van der Waals surface area contributed by atoms with Crippen molar-refractivity contribution in [3.8, 4) is 0 Å². The van der Waals surface area contributed by atoms with Gasteiger partial charge in [-0.2, -0.15) is 0 Å². The fraction of sp³-hybridized carbons (Fsp3) is 0.692. The normalized spacial score (nSPS) is 24.4. The number of allylic oxidation sites excluding steroid dienone is 8. The molecule has 4 atom stereocenters. The monoisotopic (exact) mass is 430 g/mol. The molecule has 0 spiro atoms. The quantitative estimate of drug-likeness (QED) is 0.281. The average molecular weight is 431 g/mol. The minimum absolute atomic E-state index is 0.651. The highest BCUT2D eigenvalue weighted by Gasteiger charge is 2.57. The summed E-state index contributed by atoms with van der Waals surface area (Å²) in [6, 6.07) is 0. The van der Waals surface area contributed by atoms with E-state index < -0.39 is 16.6 Å². The summed E-state index contributed by atoms with van der Waals surface area (Å²) in [5.74, 6) is 0. The Morgan fingerprint density at radius 1 is 0.655 bits per heavy atom. The Labute approximate surface area is 183 Å². The van der Waals surface area contributed by atoms with Crippen molar-refractivity contribution >= 4 is 16.6 Å². The molecular formula is C26H46OSi2. The van der Waals surface area contributed by atoms with Crippen LogP contribution in [0.15, 0.2) is 46.8 Å². The third-order valence-electron chi connectivity index (χ3n) is 8.26. The van der Waals surface area contributed by atoms with Gasteiger partial charge in [-0.05, 0) is 35.0 Å². The van der Waals surface area contributed by atoms with Crippen LogP contribution in [0.4, 0.5) is 0 Å². The first-order valence-corrected chi connectivity index (χ1v) is 16.4. The molecule has 0 aromatic carbocycles. The van der Waals surface area contributed by atoms with Crippen LogP contribution < -0.4 is 0 Å². The van der Waals surface area contributed by atoms with E-state index in [1.54, 1.807) is 10.4 Å². The Hall–Kier alpha value is -0.646. The molecule has 0 heterocycles. The van der Waals surface area contributed by atoms with E-state index in [1.807, 2.05) is 0 Å². The highest BCUT2D eigenvalue weighted by atomic mass is 28.4. The molecule has 2 aliphatic carbocycles. The van der Waals surface area contributed by atoms with E-state index in [0.717, 1.165) is 12.8 Å². The van der Waals surface area contributed by atoms with Crippen molar-refractivity contribution in [2.75, 3.05) is 0 Å². The maximum atomic E-state index is 8.07. The maximum absolute atomic E-state index is 8.07. The summed E-state index contributed by atoms with van der Waals surface area (Å²) >= 11 is 0. The molecule has 29 heavy (non-hydrogen) atoms. The van der Waals surface area contributed by atoms with Crippen LogP contribution in [0.25, 0.3) is 0 Å². The second-order valence-electron chi connectivity index (χ2n) is 9.57. The second-order valence-corrected chi connectivity index (χ2v) is 18.8. The minimum atomic E-state index is -2.14. The summed E-state index contributed by atoms with van der Waals surface area (Å²) in [4.78, 5) is 0. The van der Waals surface area contributed by atoms with Crippen molar-refractivity contribution in [2.24, 2.45) is 0 Å².